The lowest BCUT2D eigenvalue weighted by atomic mass is 10.0. The van der Waals surface area contributed by atoms with E-state index in [1.165, 1.54) is 0 Å². The first-order valence-corrected chi connectivity index (χ1v) is 8.86. The second-order valence-electron chi connectivity index (χ2n) is 6.23. The first-order valence-electron chi connectivity index (χ1n) is 8.86. The number of aliphatic imine (C=N–C) groups is 1. The minimum Gasteiger partial charge on any atom is -0.493 e. The summed E-state index contributed by atoms with van der Waals surface area (Å²) in [6.07, 6.45) is 1.28. The van der Waals surface area contributed by atoms with Crippen molar-refractivity contribution in [1.82, 2.24) is 25.4 Å². The summed E-state index contributed by atoms with van der Waals surface area (Å²) in [6.45, 7) is 3.10. The zero-order valence-corrected chi connectivity index (χ0v) is 15.2. The molecular formula is C18H25FN6O. The molecule has 0 saturated heterocycles. The molecule has 0 amide bonds. The molecule has 7 nitrogen and oxygen atoms in total. The number of nitrogens with zero attached hydrogens (tertiary/aromatic N) is 4. The number of benzene rings is 1. The van der Waals surface area contributed by atoms with Crippen LogP contribution in [0.2, 0.25) is 0 Å². The van der Waals surface area contributed by atoms with Crippen LogP contribution in [0.5, 0.6) is 5.75 Å². The van der Waals surface area contributed by atoms with Crippen molar-refractivity contribution >= 4 is 5.96 Å². The van der Waals surface area contributed by atoms with Gasteiger partial charge in [-0.05, 0) is 19.4 Å². The molecule has 0 fully saturated rings. The Hall–Kier alpha value is -2.64. The van der Waals surface area contributed by atoms with Crippen LogP contribution < -0.4 is 15.4 Å². The fourth-order valence-electron chi connectivity index (χ4n) is 2.82. The van der Waals surface area contributed by atoms with Crippen molar-refractivity contribution in [1.29, 1.82) is 0 Å². The monoisotopic (exact) mass is 360 g/mol. The summed E-state index contributed by atoms with van der Waals surface area (Å²) in [5, 5.41) is 14.8. The number of halogens is 1. The van der Waals surface area contributed by atoms with E-state index in [0.717, 1.165) is 29.4 Å². The van der Waals surface area contributed by atoms with Gasteiger partial charge in [-0.25, -0.2) is 4.99 Å². The highest BCUT2D eigenvalue weighted by molar-refractivity contribution is 5.80. The zero-order valence-electron chi connectivity index (χ0n) is 15.2. The molecular weight excluding hydrogens is 335 g/mol. The molecule has 1 aliphatic heterocycles. The van der Waals surface area contributed by atoms with Crippen molar-refractivity contribution in [3.05, 3.63) is 41.5 Å². The van der Waals surface area contributed by atoms with Crippen molar-refractivity contribution in [3.63, 3.8) is 0 Å². The number of guanidine groups is 1. The molecule has 8 heteroatoms. The number of hydrogen-bond acceptors (Lipinski definition) is 4. The Bertz CT molecular complexity index is 760. The molecule has 0 radical (unpaired) electrons. The minimum absolute atomic E-state index is 0.0952. The smallest absolute Gasteiger partial charge is 0.192 e. The van der Waals surface area contributed by atoms with Crippen LogP contribution in [0.15, 0.2) is 29.3 Å². The highest BCUT2D eigenvalue weighted by atomic mass is 19.1. The number of alkyl halides is 1. The van der Waals surface area contributed by atoms with Gasteiger partial charge in [-0.15, -0.1) is 10.2 Å². The third-order valence-corrected chi connectivity index (χ3v) is 4.43. The van der Waals surface area contributed by atoms with E-state index in [1.807, 2.05) is 36.7 Å². The lowest BCUT2D eigenvalue weighted by Crippen LogP contribution is -2.41. The summed E-state index contributed by atoms with van der Waals surface area (Å²) in [6, 6.07) is 8.08. The molecule has 2 heterocycles. The SMILES string of the molecule is Cc1nnc(CN=C(NCCCF)NC2CCOc3ccccc32)n1C. The third-order valence-electron chi connectivity index (χ3n) is 4.43. The number of aromatic nitrogens is 3. The topological polar surface area (TPSA) is 76.4 Å². The zero-order chi connectivity index (χ0) is 18.4. The molecule has 140 valence electrons. The van der Waals surface area contributed by atoms with Gasteiger partial charge in [0.25, 0.3) is 0 Å². The molecule has 0 saturated carbocycles. The van der Waals surface area contributed by atoms with E-state index in [1.54, 1.807) is 0 Å². The van der Waals surface area contributed by atoms with Gasteiger partial charge in [0.05, 0.1) is 19.3 Å². The Morgan fingerprint density at radius 3 is 3.00 bits per heavy atom. The van der Waals surface area contributed by atoms with Gasteiger partial charge >= 0.3 is 0 Å². The van der Waals surface area contributed by atoms with Gasteiger partial charge in [0.15, 0.2) is 11.8 Å². The maximum atomic E-state index is 12.5. The average Bonchev–Trinajstić information content (AvgIpc) is 2.98. The highest BCUT2D eigenvalue weighted by Crippen LogP contribution is 2.31. The summed E-state index contributed by atoms with van der Waals surface area (Å²) in [7, 11) is 1.92. The molecule has 1 aromatic heterocycles. The number of hydrogen-bond donors (Lipinski definition) is 2. The van der Waals surface area contributed by atoms with Crippen LogP contribution in [-0.4, -0.2) is 40.6 Å². The Labute approximate surface area is 152 Å². The van der Waals surface area contributed by atoms with Gasteiger partial charge in [0.1, 0.15) is 18.1 Å². The van der Waals surface area contributed by atoms with E-state index in [-0.39, 0.29) is 12.7 Å². The molecule has 1 aromatic carbocycles. The van der Waals surface area contributed by atoms with Crippen molar-refractivity contribution in [2.75, 3.05) is 19.8 Å². The summed E-state index contributed by atoms with van der Waals surface area (Å²) in [5.74, 6) is 3.15. The largest absolute Gasteiger partial charge is 0.493 e. The summed E-state index contributed by atoms with van der Waals surface area (Å²) < 4.78 is 20.1. The predicted molar refractivity (Wildman–Crippen MR) is 97.9 cm³/mol. The molecule has 2 aromatic rings. The molecule has 0 aliphatic carbocycles. The van der Waals surface area contributed by atoms with Crippen molar-refractivity contribution in [2.24, 2.45) is 12.0 Å². The predicted octanol–water partition coefficient (Wildman–Crippen LogP) is 2.04. The first kappa shape index (κ1) is 18.2. The third kappa shape index (κ3) is 4.30. The van der Waals surface area contributed by atoms with Crippen LogP contribution in [0, 0.1) is 6.92 Å². The number of nitrogens with one attached hydrogen (secondary N) is 2. The molecule has 1 aliphatic rings. The summed E-state index contributed by atoms with van der Waals surface area (Å²) in [5.41, 5.74) is 1.10. The Morgan fingerprint density at radius 2 is 2.23 bits per heavy atom. The van der Waals surface area contributed by atoms with E-state index < -0.39 is 0 Å². The van der Waals surface area contributed by atoms with Crippen LogP contribution in [0.25, 0.3) is 0 Å². The van der Waals surface area contributed by atoms with Crippen LogP contribution in [0.4, 0.5) is 4.39 Å². The van der Waals surface area contributed by atoms with Gasteiger partial charge in [-0.1, -0.05) is 18.2 Å². The molecule has 2 N–H and O–H groups in total. The van der Waals surface area contributed by atoms with Crippen LogP contribution in [0.1, 0.15) is 36.1 Å². The quantitative estimate of drug-likeness (QED) is 0.468. The van der Waals surface area contributed by atoms with Crippen LogP contribution >= 0.6 is 0 Å². The lowest BCUT2D eigenvalue weighted by molar-refractivity contribution is 0.261. The van der Waals surface area contributed by atoms with E-state index in [4.69, 9.17) is 4.74 Å². The maximum Gasteiger partial charge on any atom is 0.192 e. The van der Waals surface area contributed by atoms with Gasteiger partial charge < -0.3 is 19.9 Å². The molecule has 26 heavy (non-hydrogen) atoms. The van der Waals surface area contributed by atoms with Crippen LogP contribution in [0.3, 0.4) is 0 Å². The Balaban J connectivity index is 1.74. The van der Waals surface area contributed by atoms with Gasteiger partial charge in [-0.2, -0.15) is 0 Å². The minimum atomic E-state index is -0.358. The maximum absolute atomic E-state index is 12.5. The normalized spacial score (nSPS) is 16.7. The molecule has 1 atom stereocenters. The van der Waals surface area contributed by atoms with E-state index in [9.17, 15) is 4.39 Å². The lowest BCUT2D eigenvalue weighted by Gasteiger charge is -2.28. The number of para-hydroxylation sites is 1. The van der Waals surface area contributed by atoms with E-state index >= 15 is 0 Å². The molecule has 0 spiro atoms. The highest BCUT2D eigenvalue weighted by Gasteiger charge is 2.22. The van der Waals surface area contributed by atoms with Gasteiger partial charge in [-0.3, -0.25) is 4.39 Å². The fraction of sp³-hybridized carbons (Fsp3) is 0.500. The van der Waals surface area contributed by atoms with E-state index in [0.29, 0.717) is 32.1 Å². The standard InChI is InChI=1S/C18H25FN6O/c1-13-23-24-17(25(13)2)12-21-18(20-10-5-9-19)22-15-8-11-26-16-7-4-3-6-14(15)16/h3-4,6-7,15H,5,8-12H2,1-2H3,(H2,20,21,22). The number of ether oxygens (including phenoxy) is 1. The molecule has 3 rings (SSSR count). The average molecular weight is 360 g/mol. The number of rotatable bonds is 6. The van der Waals surface area contributed by atoms with Crippen LogP contribution in [-0.2, 0) is 13.6 Å². The van der Waals surface area contributed by atoms with Crippen molar-refractivity contribution in [2.45, 2.75) is 32.4 Å². The molecule has 0 bridgehead atoms. The second kappa shape index (κ2) is 8.64. The van der Waals surface area contributed by atoms with E-state index in [2.05, 4.69) is 31.9 Å². The molecule has 1 unspecified atom stereocenters. The van der Waals surface area contributed by atoms with Crippen molar-refractivity contribution in [3.8, 4) is 5.75 Å². The van der Waals surface area contributed by atoms with Gasteiger partial charge in [0, 0.05) is 25.6 Å². The number of fused-ring (bicyclic) bond motifs is 1. The number of aryl methyl sites for hydroxylation is 1. The Morgan fingerprint density at radius 1 is 1.38 bits per heavy atom. The first-order chi connectivity index (χ1) is 12.7. The summed E-state index contributed by atoms with van der Waals surface area (Å²) >= 11 is 0. The Kier molecular flexibility index (Phi) is 6.04. The van der Waals surface area contributed by atoms with Crippen molar-refractivity contribution < 1.29 is 9.13 Å². The van der Waals surface area contributed by atoms with Gasteiger partial charge in [0.2, 0.25) is 0 Å². The summed E-state index contributed by atoms with van der Waals surface area (Å²) in [4.78, 5) is 4.61. The fourth-order valence-corrected chi connectivity index (χ4v) is 2.82. The second-order valence-corrected chi connectivity index (χ2v) is 6.23.